The molecule has 1 atom stereocenters. The molecule has 0 aromatic heterocycles. The number of hydrogen-bond acceptors (Lipinski definition) is 3. The Kier molecular flexibility index (Phi) is 6.42. The number of carbonyl (C=O) groups excluding carboxylic acids is 1. The SMILES string of the molecule is CC(CN)CCC(=O)NCCOCC1CC1. The fraction of sp³-hybridized carbons (Fsp3) is 0.917. The molecule has 3 N–H and O–H groups in total. The first-order chi connectivity index (χ1) is 7.72. The van der Waals surface area contributed by atoms with Gasteiger partial charge in [-0.05, 0) is 37.6 Å². The van der Waals surface area contributed by atoms with E-state index in [1.165, 1.54) is 12.8 Å². The Morgan fingerprint density at radius 1 is 1.56 bits per heavy atom. The lowest BCUT2D eigenvalue weighted by atomic mass is 10.1. The molecule has 1 aliphatic carbocycles. The van der Waals surface area contributed by atoms with Gasteiger partial charge in [-0.3, -0.25) is 4.79 Å². The number of nitrogens with two attached hydrogens (primary N) is 1. The van der Waals surface area contributed by atoms with Crippen molar-refractivity contribution in [1.29, 1.82) is 0 Å². The van der Waals surface area contributed by atoms with Crippen molar-refractivity contribution in [3.05, 3.63) is 0 Å². The molecular formula is C12H24N2O2. The zero-order valence-electron chi connectivity index (χ0n) is 10.2. The third-order valence-corrected chi connectivity index (χ3v) is 2.89. The molecule has 94 valence electrons. The van der Waals surface area contributed by atoms with Gasteiger partial charge in [0.25, 0.3) is 0 Å². The quantitative estimate of drug-likeness (QED) is 0.576. The summed E-state index contributed by atoms with van der Waals surface area (Å²) in [5, 5.41) is 2.85. The Bertz CT molecular complexity index is 205. The van der Waals surface area contributed by atoms with E-state index in [1.807, 2.05) is 0 Å². The van der Waals surface area contributed by atoms with Crippen molar-refractivity contribution in [1.82, 2.24) is 5.32 Å². The number of ether oxygens (including phenoxy) is 1. The standard InChI is InChI=1S/C12H24N2O2/c1-10(8-13)2-5-12(15)14-6-7-16-9-11-3-4-11/h10-11H,2-9,13H2,1H3,(H,14,15). The molecule has 16 heavy (non-hydrogen) atoms. The van der Waals surface area contributed by atoms with E-state index in [1.54, 1.807) is 0 Å². The average molecular weight is 228 g/mol. The van der Waals surface area contributed by atoms with Gasteiger partial charge in [-0.1, -0.05) is 6.92 Å². The summed E-state index contributed by atoms with van der Waals surface area (Å²) in [6.07, 6.45) is 4.05. The highest BCUT2D eigenvalue weighted by atomic mass is 16.5. The lowest BCUT2D eigenvalue weighted by Gasteiger charge is -2.08. The van der Waals surface area contributed by atoms with Gasteiger partial charge in [-0.15, -0.1) is 0 Å². The molecule has 0 bridgehead atoms. The smallest absolute Gasteiger partial charge is 0.220 e. The van der Waals surface area contributed by atoms with Gasteiger partial charge in [0.1, 0.15) is 0 Å². The van der Waals surface area contributed by atoms with Crippen molar-refractivity contribution in [2.45, 2.75) is 32.6 Å². The van der Waals surface area contributed by atoms with Crippen LogP contribution in [0.1, 0.15) is 32.6 Å². The molecule has 0 spiro atoms. The Labute approximate surface area is 97.9 Å². The highest BCUT2D eigenvalue weighted by Crippen LogP contribution is 2.28. The van der Waals surface area contributed by atoms with Crippen LogP contribution in [0, 0.1) is 11.8 Å². The zero-order chi connectivity index (χ0) is 11.8. The van der Waals surface area contributed by atoms with E-state index in [0.29, 0.717) is 32.0 Å². The fourth-order valence-corrected chi connectivity index (χ4v) is 1.38. The molecule has 1 unspecified atom stereocenters. The first kappa shape index (κ1) is 13.5. The normalized spacial score (nSPS) is 17.1. The van der Waals surface area contributed by atoms with E-state index in [2.05, 4.69) is 12.2 Å². The predicted molar refractivity (Wildman–Crippen MR) is 64.0 cm³/mol. The van der Waals surface area contributed by atoms with E-state index in [9.17, 15) is 4.79 Å². The maximum atomic E-state index is 11.4. The molecule has 1 fully saturated rings. The highest BCUT2D eigenvalue weighted by molar-refractivity contribution is 5.75. The second-order valence-corrected chi connectivity index (χ2v) is 4.75. The molecule has 0 aromatic rings. The Balaban J connectivity index is 1.84. The van der Waals surface area contributed by atoms with Gasteiger partial charge in [0.15, 0.2) is 0 Å². The lowest BCUT2D eigenvalue weighted by molar-refractivity contribution is -0.121. The molecule has 4 heteroatoms. The molecule has 0 aliphatic heterocycles. The van der Waals surface area contributed by atoms with Crippen molar-refractivity contribution in [3.63, 3.8) is 0 Å². The highest BCUT2D eigenvalue weighted by Gasteiger charge is 2.20. The first-order valence-corrected chi connectivity index (χ1v) is 6.27. The fourth-order valence-electron chi connectivity index (χ4n) is 1.38. The van der Waals surface area contributed by atoms with Gasteiger partial charge in [0, 0.05) is 19.6 Å². The van der Waals surface area contributed by atoms with E-state index < -0.39 is 0 Å². The summed E-state index contributed by atoms with van der Waals surface area (Å²) in [6.45, 7) is 4.83. The predicted octanol–water partition coefficient (Wildman–Crippen LogP) is 0.904. The van der Waals surface area contributed by atoms with Gasteiger partial charge in [0.2, 0.25) is 5.91 Å². The number of rotatable bonds is 9. The number of hydrogen-bond donors (Lipinski definition) is 2. The van der Waals surface area contributed by atoms with E-state index in [-0.39, 0.29) is 5.91 Å². The summed E-state index contributed by atoms with van der Waals surface area (Å²) in [4.78, 5) is 11.4. The molecular weight excluding hydrogens is 204 g/mol. The van der Waals surface area contributed by atoms with Crippen LogP contribution in [-0.4, -0.2) is 32.2 Å². The van der Waals surface area contributed by atoms with Gasteiger partial charge >= 0.3 is 0 Å². The molecule has 1 rings (SSSR count). The van der Waals surface area contributed by atoms with Gasteiger partial charge in [-0.25, -0.2) is 0 Å². The van der Waals surface area contributed by atoms with Crippen molar-refractivity contribution < 1.29 is 9.53 Å². The molecule has 0 heterocycles. The van der Waals surface area contributed by atoms with Crippen LogP contribution in [0.2, 0.25) is 0 Å². The maximum absolute atomic E-state index is 11.4. The minimum absolute atomic E-state index is 0.107. The van der Waals surface area contributed by atoms with Crippen molar-refractivity contribution >= 4 is 5.91 Å². The summed E-state index contributed by atoms with van der Waals surface area (Å²) in [7, 11) is 0. The van der Waals surface area contributed by atoms with E-state index in [0.717, 1.165) is 18.9 Å². The molecule has 1 saturated carbocycles. The molecule has 1 amide bonds. The molecule has 1 aliphatic rings. The second kappa shape index (κ2) is 7.63. The van der Waals surface area contributed by atoms with Crippen LogP contribution < -0.4 is 11.1 Å². The largest absolute Gasteiger partial charge is 0.379 e. The number of carbonyl (C=O) groups is 1. The average Bonchev–Trinajstić information content (AvgIpc) is 3.09. The summed E-state index contributed by atoms with van der Waals surface area (Å²) < 4.78 is 5.42. The zero-order valence-corrected chi connectivity index (χ0v) is 10.2. The van der Waals surface area contributed by atoms with Crippen LogP contribution in [0.5, 0.6) is 0 Å². The minimum atomic E-state index is 0.107. The van der Waals surface area contributed by atoms with Gasteiger partial charge in [-0.2, -0.15) is 0 Å². The van der Waals surface area contributed by atoms with Gasteiger partial charge < -0.3 is 15.8 Å². The van der Waals surface area contributed by atoms with Crippen LogP contribution in [0.25, 0.3) is 0 Å². The lowest BCUT2D eigenvalue weighted by Crippen LogP contribution is -2.28. The Hall–Kier alpha value is -0.610. The van der Waals surface area contributed by atoms with Crippen LogP contribution >= 0.6 is 0 Å². The van der Waals surface area contributed by atoms with Crippen molar-refractivity contribution in [2.75, 3.05) is 26.3 Å². The van der Waals surface area contributed by atoms with E-state index in [4.69, 9.17) is 10.5 Å². The summed E-state index contributed by atoms with van der Waals surface area (Å²) in [6, 6.07) is 0. The molecule has 4 nitrogen and oxygen atoms in total. The van der Waals surface area contributed by atoms with Crippen LogP contribution in [0.4, 0.5) is 0 Å². The summed E-state index contributed by atoms with van der Waals surface area (Å²) >= 11 is 0. The van der Waals surface area contributed by atoms with Crippen LogP contribution in [0.15, 0.2) is 0 Å². The number of amides is 1. The second-order valence-electron chi connectivity index (χ2n) is 4.75. The van der Waals surface area contributed by atoms with Crippen LogP contribution in [0.3, 0.4) is 0 Å². The minimum Gasteiger partial charge on any atom is -0.379 e. The third-order valence-electron chi connectivity index (χ3n) is 2.89. The van der Waals surface area contributed by atoms with E-state index >= 15 is 0 Å². The van der Waals surface area contributed by atoms with Crippen molar-refractivity contribution in [3.8, 4) is 0 Å². The molecule has 0 radical (unpaired) electrons. The van der Waals surface area contributed by atoms with Crippen LogP contribution in [-0.2, 0) is 9.53 Å². The maximum Gasteiger partial charge on any atom is 0.220 e. The topological polar surface area (TPSA) is 64.4 Å². The summed E-state index contributed by atoms with van der Waals surface area (Å²) in [5.74, 6) is 1.33. The first-order valence-electron chi connectivity index (χ1n) is 6.27. The molecule has 0 aromatic carbocycles. The monoisotopic (exact) mass is 228 g/mol. The van der Waals surface area contributed by atoms with Gasteiger partial charge in [0.05, 0.1) is 6.61 Å². The third kappa shape index (κ3) is 6.80. The van der Waals surface area contributed by atoms with Crippen molar-refractivity contribution in [2.24, 2.45) is 17.6 Å². The Morgan fingerprint density at radius 3 is 2.94 bits per heavy atom. The Morgan fingerprint density at radius 2 is 2.31 bits per heavy atom. The molecule has 0 saturated heterocycles. The number of nitrogens with one attached hydrogen (secondary N) is 1. The summed E-state index contributed by atoms with van der Waals surface area (Å²) in [5.41, 5.74) is 5.48.